The Labute approximate surface area is 67.1 Å². The minimum absolute atomic E-state index is 0.211. The van der Waals surface area contributed by atoms with E-state index in [2.05, 4.69) is 17.3 Å². The number of nitrogens with two attached hydrogens (primary N) is 1. The molecule has 0 fully saturated rings. The van der Waals surface area contributed by atoms with Crippen LogP contribution in [0, 0.1) is 0 Å². The molecule has 0 aromatic heterocycles. The molecule has 0 amide bonds. The smallest absolute Gasteiger partial charge is 0.354 e. The van der Waals surface area contributed by atoms with Crippen LogP contribution in [0.2, 0.25) is 0 Å². The van der Waals surface area contributed by atoms with Crippen LogP contribution in [0.5, 0.6) is 0 Å². The highest BCUT2D eigenvalue weighted by Crippen LogP contribution is 1.79. The van der Waals surface area contributed by atoms with Crippen LogP contribution in [0.3, 0.4) is 0 Å². The average Bonchev–Trinajstić information content (AvgIpc) is 1.87. The number of rotatable bonds is 3. The van der Waals surface area contributed by atoms with Crippen LogP contribution in [-0.2, 0) is 4.79 Å². The Balaban J connectivity index is 4.13. The number of aliphatic carboxylic acids is 1. The molecule has 0 bridgehead atoms. The Morgan fingerprint density at radius 2 is 2.36 bits per heavy atom. The van der Waals surface area contributed by atoms with Gasteiger partial charge in [0.2, 0.25) is 0 Å². The predicted octanol–water partition coefficient (Wildman–Crippen LogP) is -0.770. The van der Waals surface area contributed by atoms with Crippen molar-refractivity contribution in [2.75, 3.05) is 6.67 Å². The summed E-state index contributed by atoms with van der Waals surface area (Å²) in [5.74, 6) is -1.45. The van der Waals surface area contributed by atoms with Crippen LogP contribution >= 0.6 is 12.2 Å². The fourth-order valence-electron chi connectivity index (χ4n) is 0.257. The van der Waals surface area contributed by atoms with Gasteiger partial charge in [-0.05, 0) is 12.2 Å². The van der Waals surface area contributed by atoms with E-state index < -0.39 is 18.4 Å². The summed E-state index contributed by atoms with van der Waals surface area (Å²) in [6.45, 7) is -1.18. The number of carboxylic acid groups (broad SMARTS) is 1. The highest BCUT2D eigenvalue weighted by molar-refractivity contribution is 7.80. The van der Waals surface area contributed by atoms with Gasteiger partial charge in [0, 0.05) is 0 Å². The van der Waals surface area contributed by atoms with E-state index >= 15 is 0 Å². The van der Waals surface area contributed by atoms with E-state index in [9.17, 15) is 9.18 Å². The molecule has 0 aliphatic rings. The Hall–Kier alpha value is -1.24. The number of nitrogens with zero attached hydrogens (tertiary/aromatic N) is 1. The second-order valence-electron chi connectivity index (χ2n) is 1.47. The van der Waals surface area contributed by atoms with Crippen LogP contribution in [0.15, 0.2) is 5.10 Å². The molecule has 0 unspecified atom stereocenters. The van der Waals surface area contributed by atoms with Crippen molar-refractivity contribution in [3.8, 4) is 0 Å². The lowest BCUT2D eigenvalue weighted by Gasteiger charge is -1.96. The van der Waals surface area contributed by atoms with Gasteiger partial charge in [-0.15, -0.1) is 0 Å². The highest BCUT2D eigenvalue weighted by Gasteiger charge is 2.07. The minimum Gasteiger partial charge on any atom is -0.477 e. The summed E-state index contributed by atoms with van der Waals surface area (Å²) in [5, 5.41) is 11.0. The molecule has 11 heavy (non-hydrogen) atoms. The number of carbonyl (C=O) groups is 1. The molecule has 0 saturated heterocycles. The van der Waals surface area contributed by atoms with Crippen molar-refractivity contribution >= 4 is 29.0 Å². The monoisotopic (exact) mass is 179 g/mol. The minimum atomic E-state index is -1.45. The lowest BCUT2D eigenvalue weighted by Crippen LogP contribution is -2.28. The first-order valence-corrected chi connectivity index (χ1v) is 2.90. The van der Waals surface area contributed by atoms with Gasteiger partial charge < -0.3 is 10.8 Å². The van der Waals surface area contributed by atoms with Gasteiger partial charge in [0.05, 0.1) is 0 Å². The number of alkyl halides is 1. The van der Waals surface area contributed by atoms with Crippen molar-refractivity contribution in [3.63, 3.8) is 0 Å². The van der Waals surface area contributed by atoms with Gasteiger partial charge in [0.15, 0.2) is 10.8 Å². The Bertz CT molecular complexity index is 206. The molecule has 0 heterocycles. The van der Waals surface area contributed by atoms with Crippen molar-refractivity contribution < 1.29 is 14.3 Å². The number of carboxylic acids is 1. The van der Waals surface area contributed by atoms with Crippen molar-refractivity contribution in [2.24, 2.45) is 10.8 Å². The largest absolute Gasteiger partial charge is 0.477 e. The number of hydrogen-bond donors (Lipinski definition) is 3. The molecule has 7 heteroatoms. The summed E-state index contributed by atoms with van der Waals surface area (Å²) in [6.07, 6.45) is 0. The summed E-state index contributed by atoms with van der Waals surface area (Å²) in [4.78, 5) is 10.0. The topological polar surface area (TPSA) is 87.7 Å². The van der Waals surface area contributed by atoms with Gasteiger partial charge in [0.25, 0.3) is 0 Å². The second kappa shape index (κ2) is 4.56. The number of nitrogens with one attached hydrogen (secondary N) is 1. The first-order chi connectivity index (χ1) is 5.07. The summed E-state index contributed by atoms with van der Waals surface area (Å²) in [5.41, 5.74) is 6.18. The SMILES string of the molecule is NC(=S)NN=C(CF)C(=O)O. The fraction of sp³-hybridized carbons (Fsp3) is 0.250. The summed E-state index contributed by atoms with van der Waals surface area (Å²) < 4.78 is 11.7. The van der Waals surface area contributed by atoms with Gasteiger partial charge in [0.1, 0.15) is 6.67 Å². The maximum Gasteiger partial charge on any atom is 0.354 e. The van der Waals surface area contributed by atoms with Gasteiger partial charge in [-0.2, -0.15) is 5.10 Å². The van der Waals surface area contributed by atoms with Crippen molar-refractivity contribution in [1.29, 1.82) is 0 Å². The normalized spacial score (nSPS) is 10.8. The quantitative estimate of drug-likeness (QED) is 0.301. The molecule has 0 aliphatic carbocycles. The Morgan fingerprint density at radius 3 is 2.64 bits per heavy atom. The standard InChI is InChI=1S/C4H6FN3O2S/c5-1-2(3(9)10)7-8-4(6)11/h1H2,(H,9,10)(H3,6,8,11). The van der Waals surface area contributed by atoms with Gasteiger partial charge in [-0.3, -0.25) is 5.43 Å². The number of hydrazone groups is 1. The predicted molar refractivity (Wildman–Crippen MR) is 41.0 cm³/mol. The summed E-state index contributed by atoms with van der Waals surface area (Å²) in [7, 11) is 0. The van der Waals surface area contributed by atoms with E-state index in [0.29, 0.717) is 0 Å². The fourth-order valence-corrected chi connectivity index (χ4v) is 0.303. The summed E-state index contributed by atoms with van der Waals surface area (Å²) in [6, 6.07) is 0. The molecule has 0 aromatic carbocycles. The maximum atomic E-state index is 11.7. The van der Waals surface area contributed by atoms with Crippen molar-refractivity contribution in [2.45, 2.75) is 0 Å². The zero-order valence-corrected chi connectivity index (χ0v) is 6.19. The van der Waals surface area contributed by atoms with Crippen LogP contribution in [0.1, 0.15) is 0 Å². The second-order valence-corrected chi connectivity index (χ2v) is 1.91. The molecule has 0 saturated carbocycles. The van der Waals surface area contributed by atoms with Crippen LogP contribution in [0.4, 0.5) is 4.39 Å². The van der Waals surface area contributed by atoms with Crippen molar-refractivity contribution in [1.82, 2.24) is 5.43 Å². The van der Waals surface area contributed by atoms with Crippen molar-refractivity contribution in [3.05, 3.63) is 0 Å². The number of hydrogen-bond acceptors (Lipinski definition) is 3. The zero-order chi connectivity index (χ0) is 8.85. The van der Waals surface area contributed by atoms with E-state index in [-0.39, 0.29) is 5.11 Å². The lowest BCUT2D eigenvalue weighted by molar-refractivity contribution is -0.129. The average molecular weight is 179 g/mol. The van der Waals surface area contributed by atoms with Crippen LogP contribution < -0.4 is 11.2 Å². The van der Waals surface area contributed by atoms with Gasteiger partial charge >= 0.3 is 5.97 Å². The first kappa shape index (κ1) is 9.76. The molecule has 0 aromatic rings. The van der Waals surface area contributed by atoms with E-state index in [0.717, 1.165) is 0 Å². The molecular weight excluding hydrogens is 173 g/mol. The van der Waals surface area contributed by atoms with Gasteiger partial charge in [-0.1, -0.05) is 0 Å². The summed E-state index contributed by atoms with van der Waals surface area (Å²) >= 11 is 4.29. The molecule has 5 nitrogen and oxygen atoms in total. The molecule has 4 N–H and O–H groups in total. The van der Waals surface area contributed by atoms with Gasteiger partial charge in [-0.25, -0.2) is 9.18 Å². The van der Waals surface area contributed by atoms with E-state index in [1.165, 1.54) is 0 Å². The molecule has 0 rings (SSSR count). The highest BCUT2D eigenvalue weighted by atomic mass is 32.1. The molecule has 0 atom stereocenters. The zero-order valence-electron chi connectivity index (χ0n) is 5.37. The lowest BCUT2D eigenvalue weighted by atomic mass is 10.4. The maximum absolute atomic E-state index is 11.7. The van der Waals surface area contributed by atoms with E-state index in [4.69, 9.17) is 10.8 Å². The van der Waals surface area contributed by atoms with Crippen LogP contribution in [-0.4, -0.2) is 28.6 Å². The molecule has 0 radical (unpaired) electrons. The molecule has 0 spiro atoms. The third-order valence-electron chi connectivity index (χ3n) is 0.674. The third kappa shape index (κ3) is 4.20. The van der Waals surface area contributed by atoms with Crippen LogP contribution in [0.25, 0.3) is 0 Å². The molecule has 0 aliphatic heterocycles. The first-order valence-electron chi connectivity index (χ1n) is 2.49. The molecular formula is C4H6FN3O2S. The Kier molecular flexibility index (Phi) is 4.04. The Morgan fingerprint density at radius 1 is 1.82 bits per heavy atom. The van der Waals surface area contributed by atoms with E-state index in [1.807, 2.05) is 5.43 Å². The number of halogens is 1. The van der Waals surface area contributed by atoms with E-state index in [1.54, 1.807) is 0 Å². The molecule has 62 valence electrons. The number of thiocarbonyl (C=S) groups is 1. The third-order valence-corrected chi connectivity index (χ3v) is 0.766.